The summed E-state index contributed by atoms with van der Waals surface area (Å²) in [6.45, 7) is 1.52. The van der Waals surface area contributed by atoms with Gasteiger partial charge < -0.3 is 33.7 Å². The van der Waals surface area contributed by atoms with E-state index in [-0.39, 0.29) is 63.2 Å². The van der Waals surface area contributed by atoms with Gasteiger partial charge in [0.25, 0.3) is 5.69 Å². The third kappa shape index (κ3) is 9.56. The Hall–Kier alpha value is -9.94. The van der Waals surface area contributed by atoms with Crippen LogP contribution in [0.25, 0.3) is 11.0 Å². The fourth-order valence-corrected chi connectivity index (χ4v) is 12.6. The number of piperazine rings is 1. The first-order valence-corrected chi connectivity index (χ1v) is 27.6. The van der Waals surface area contributed by atoms with E-state index in [0.717, 1.165) is 21.5 Å². The Labute approximate surface area is 481 Å². The van der Waals surface area contributed by atoms with Gasteiger partial charge in [-0.05, 0) is 100 Å². The van der Waals surface area contributed by atoms with Crippen molar-refractivity contribution in [3.63, 3.8) is 0 Å². The fraction of sp³-hybridized carbons (Fsp3) is 0.250. The molecule has 20 nitrogen and oxygen atoms in total. The first-order valence-electron chi connectivity index (χ1n) is 27.6. The zero-order chi connectivity index (χ0) is 57.5. The molecule has 0 saturated carbocycles. The number of carbonyl (C=O) groups excluding carboxylic acids is 4. The highest BCUT2D eigenvalue weighted by molar-refractivity contribution is 6.23. The summed E-state index contributed by atoms with van der Waals surface area (Å²) >= 11 is 0. The van der Waals surface area contributed by atoms with Gasteiger partial charge in [-0.25, -0.2) is 14.4 Å². The Morgan fingerprint density at radius 3 is 2.23 bits per heavy atom. The minimum absolute atomic E-state index is 0.00186. The number of imide groups is 1. The minimum atomic E-state index is -2.13. The van der Waals surface area contributed by atoms with Crippen molar-refractivity contribution in [2.24, 2.45) is 5.92 Å². The lowest BCUT2D eigenvalue weighted by Gasteiger charge is -2.46. The molecule has 3 saturated heterocycles. The van der Waals surface area contributed by atoms with Crippen molar-refractivity contribution in [1.82, 2.24) is 29.7 Å². The van der Waals surface area contributed by atoms with E-state index in [1.54, 1.807) is 52.0 Å². The van der Waals surface area contributed by atoms with Gasteiger partial charge in [0, 0.05) is 50.4 Å². The van der Waals surface area contributed by atoms with Gasteiger partial charge in [0.05, 0.1) is 40.7 Å². The summed E-state index contributed by atoms with van der Waals surface area (Å²) in [5, 5.41) is 29.9. The molecular formula is C64H54N8O12. The van der Waals surface area contributed by atoms with E-state index in [0.29, 0.717) is 64.7 Å². The SMILES string of the molecule is O=C1O[C@H](c2ccccc2)[C@H](c2ccccc2)N2[C@H]1[C@@H](C(=O)N1CCN(Cc3ccc4c(c3)OCO4)CC1)[C@]1(C(=O)N(C(=O)OCc3ccc([N+](=O)[O-])cc3)c3ccc(C#CCn4nnc5ccccc54)cc31)[C@H]2c1ccc(OCCO)cc1. The first-order chi connectivity index (χ1) is 41.1. The van der Waals surface area contributed by atoms with Crippen molar-refractivity contribution in [3.05, 3.63) is 219 Å². The van der Waals surface area contributed by atoms with Crippen molar-refractivity contribution in [2.75, 3.05) is 51.1 Å². The highest BCUT2D eigenvalue weighted by Gasteiger charge is 2.76. The van der Waals surface area contributed by atoms with Crippen molar-refractivity contribution < 1.29 is 52.9 Å². The molecule has 1 spiro atoms. The number of hydrogen-bond donors (Lipinski definition) is 1. The molecule has 3 fully saturated rings. The predicted molar refractivity (Wildman–Crippen MR) is 303 cm³/mol. The largest absolute Gasteiger partial charge is 0.491 e. The molecule has 84 heavy (non-hydrogen) atoms. The lowest BCUT2D eigenvalue weighted by Crippen LogP contribution is -2.59. The minimum Gasteiger partial charge on any atom is -0.491 e. The number of esters is 1. The van der Waals surface area contributed by atoms with E-state index in [2.05, 4.69) is 27.1 Å². The number of nitro groups is 1. The summed E-state index contributed by atoms with van der Waals surface area (Å²) in [7, 11) is 0. The van der Waals surface area contributed by atoms with Crippen LogP contribution in [-0.2, 0) is 49.0 Å². The highest BCUT2D eigenvalue weighted by Crippen LogP contribution is 2.66. The van der Waals surface area contributed by atoms with Crippen LogP contribution in [0, 0.1) is 27.9 Å². The van der Waals surface area contributed by atoms with Gasteiger partial charge in [-0.15, -0.1) is 5.10 Å². The highest BCUT2D eigenvalue weighted by atomic mass is 16.7. The predicted octanol–water partition coefficient (Wildman–Crippen LogP) is 7.84. The van der Waals surface area contributed by atoms with Gasteiger partial charge in [0.1, 0.15) is 48.6 Å². The fourth-order valence-electron chi connectivity index (χ4n) is 12.6. The van der Waals surface area contributed by atoms with Gasteiger partial charge in [-0.3, -0.25) is 34.3 Å². The second-order valence-corrected chi connectivity index (χ2v) is 21.1. The van der Waals surface area contributed by atoms with Crippen molar-refractivity contribution in [1.29, 1.82) is 0 Å². The van der Waals surface area contributed by atoms with Crippen LogP contribution in [0.2, 0.25) is 0 Å². The maximum atomic E-state index is 17.0. The molecule has 0 unspecified atom stereocenters. The van der Waals surface area contributed by atoms with Crippen LogP contribution in [0.15, 0.2) is 170 Å². The Kier molecular flexibility index (Phi) is 14.3. The van der Waals surface area contributed by atoms with E-state index in [1.807, 2.05) is 108 Å². The average molecular weight is 1130 g/mol. The van der Waals surface area contributed by atoms with Gasteiger partial charge in [0.2, 0.25) is 18.6 Å². The van der Waals surface area contributed by atoms with E-state index in [1.165, 1.54) is 24.3 Å². The summed E-state index contributed by atoms with van der Waals surface area (Å²) in [6.07, 6.45) is -2.06. The topological polar surface area (TPSA) is 221 Å². The number of cyclic esters (lactones) is 1. The number of aromatic nitrogens is 3. The molecule has 0 radical (unpaired) electrons. The molecule has 5 aliphatic heterocycles. The molecule has 0 aliphatic carbocycles. The molecule has 6 heterocycles. The first kappa shape index (κ1) is 53.4. The number of benzene rings is 7. The zero-order valence-corrected chi connectivity index (χ0v) is 45.1. The maximum Gasteiger partial charge on any atom is 0.421 e. The van der Waals surface area contributed by atoms with Crippen LogP contribution in [-0.4, -0.2) is 116 Å². The number of nitrogens with zero attached hydrogens (tertiary/aromatic N) is 8. The number of aliphatic hydroxyl groups excluding tert-OH is 1. The number of aliphatic hydroxyl groups is 1. The Morgan fingerprint density at radius 1 is 0.762 bits per heavy atom. The number of nitro benzene ring substituents is 1. The molecular weight excluding hydrogens is 1070 g/mol. The number of para-hydroxylation sites is 1. The number of anilines is 1. The summed E-state index contributed by atoms with van der Waals surface area (Å²) in [6, 6.07) is 46.1. The molecule has 422 valence electrons. The number of morpholine rings is 1. The molecule has 0 bridgehead atoms. The Bertz CT molecular complexity index is 3900. The van der Waals surface area contributed by atoms with Gasteiger partial charge in [-0.2, -0.15) is 0 Å². The van der Waals surface area contributed by atoms with Gasteiger partial charge in [-0.1, -0.05) is 108 Å². The lowest BCUT2D eigenvalue weighted by molar-refractivity contribution is -0.384. The van der Waals surface area contributed by atoms with Gasteiger partial charge >= 0.3 is 12.1 Å². The number of ether oxygens (including phenoxy) is 5. The molecule has 20 heteroatoms. The van der Waals surface area contributed by atoms with Gasteiger partial charge in [0.15, 0.2) is 11.5 Å². The summed E-state index contributed by atoms with van der Waals surface area (Å²) < 4.78 is 31.5. The monoisotopic (exact) mass is 1130 g/mol. The third-order valence-electron chi connectivity index (χ3n) is 16.4. The molecule has 8 aromatic rings. The zero-order valence-electron chi connectivity index (χ0n) is 45.1. The van der Waals surface area contributed by atoms with E-state index in [9.17, 15) is 15.2 Å². The number of rotatable bonds is 13. The van der Waals surface area contributed by atoms with Crippen molar-refractivity contribution >= 4 is 46.3 Å². The van der Waals surface area contributed by atoms with E-state index in [4.69, 9.17) is 23.7 Å². The number of hydrogen-bond acceptors (Lipinski definition) is 16. The lowest BCUT2D eigenvalue weighted by atomic mass is 9.65. The number of fused-ring (bicyclic) bond motifs is 5. The number of non-ortho nitro benzene ring substituents is 1. The third-order valence-corrected chi connectivity index (χ3v) is 16.4. The van der Waals surface area contributed by atoms with Crippen molar-refractivity contribution in [3.8, 4) is 29.1 Å². The molecule has 13 rings (SSSR count). The summed E-state index contributed by atoms with van der Waals surface area (Å²) in [5.74, 6) is 4.59. The van der Waals surface area contributed by atoms with E-state index >= 15 is 19.2 Å². The summed E-state index contributed by atoms with van der Waals surface area (Å²) in [5.41, 5.74) is 3.24. The Morgan fingerprint density at radius 2 is 1.48 bits per heavy atom. The van der Waals surface area contributed by atoms with Crippen LogP contribution in [0.3, 0.4) is 0 Å². The second kappa shape index (κ2) is 22.4. The standard InChI is InChI=1S/C64H54N8O12/c73-34-35-80-48-25-21-46(22-26-48)59-64(49-36-41(10-9-29-69-52-16-8-7-15-50(52)65-66-69)19-27-51(49)70(62(64)76)63(77)81-39-42-17-23-47(24-18-42)72(78)79)55(60(74)68-32-30-67(31-33-68)38-43-20-28-53-54(37-43)83-40-82-53)57-61(75)84-58(45-13-5-2-6-14-45)56(71(57)59)44-11-3-1-4-12-44/h1-8,11-28,36-37,55-59,73H,29-35,38-40H2/t55-,56-,57-,58+,59+,64-/m0/s1. The Balaban J connectivity index is 0.992. The molecule has 3 amide bonds. The summed E-state index contributed by atoms with van der Waals surface area (Å²) in [4.78, 5) is 82.5. The number of amides is 3. The van der Waals surface area contributed by atoms with Crippen LogP contribution < -0.4 is 19.1 Å². The normalized spacial score (nSPS) is 21.6. The quantitative estimate of drug-likeness (QED) is 0.0503. The van der Waals surface area contributed by atoms with Crippen LogP contribution in [0.4, 0.5) is 16.2 Å². The number of carbonyl (C=O) groups is 4. The molecule has 5 aliphatic rings. The van der Waals surface area contributed by atoms with Crippen molar-refractivity contribution in [2.45, 2.75) is 49.3 Å². The van der Waals surface area contributed by atoms with Crippen LogP contribution >= 0.6 is 0 Å². The molecule has 1 aromatic heterocycles. The average Bonchev–Trinajstić information content (AvgIpc) is 1.54. The molecule has 7 aromatic carbocycles. The molecule has 1 N–H and O–H groups in total. The van der Waals surface area contributed by atoms with E-state index < -0.39 is 64.4 Å². The molecule has 6 atom stereocenters. The van der Waals surface area contributed by atoms with Crippen LogP contribution in [0.1, 0.15) is 57.1 Å². The van der Waals surface area contributed by atoms with Crippen LogP contribution in [0.5, 0.6) is 17.2 Å². The second-order valence-electron chi connectivity index (χ2n) is 21.1. The maximum absolute atomic E-state index is 17.0. The smallest absolute Gasteiger partial charge is 0.421 e.